The number of benzene rings is 2. The van der Waals surface area contributed by atoms with Crippen molar-refractivity contribution in [2.75, 3.05) is 42.9 Å². The molecule has 1 fully saturated rings. The highest BCUT2D eigenvalue weighted by Gasteiger charge is 2.34. The number of carboxylic acid groups (broad SMARTS) is 1. The molecule has 292 valence electrons. The number of nitrogens with one attached hydrogen (secondary N) is 2. The number of hydrogen-bond donors (Lipinski definition) is 4. The molecule has 1 saturated heterocycles. The topological polar surface area (TPSA) is 193 Å². The minimum atomic E-state index is -4.54. The van der Waals surface area contributed by atoms with E-state index in [0.29, 0.717) is 11.3 Å². The van der Waals surface area contributed by atoms with E-state index in [9.17, 15) is 47.0 Å². The third-order valence-corrected chi connectivity index (χ3v) is 9.11. The second-order valence-corrected chi connectivity index (χ2v) is 13.0. The molecule has 1 aromatic heterocycles. The maximum Gasteiger partial charge on any atom is 0.410 e. The minimum absolute atomic E-state index is 0.0564. The summed E-state index contributed by atoms with van der Waals surface area (Å²) in [5, 5.41) is 14.6. The Morgan fingerprint density at radius 3 is 2.28 bits per heavy atom. The van der Waals surface area contributed by atoms with E-state index in [1.54, 1.807) is 24.0 Å². The summed E-state index contributed by atoms with van der Waals surface area (Å²) in [6.07, 6.45) is -6.53. The van der Waals surface area contributed by atoms with Crippen molar-refractivity contribution in [1.29, 1.82) is 0 Å². The first-order valence-electron chi connectivity index (χ1n) is 17.3. The van der Waals surface area contributed by atoms with Crippen molar-refractivity contribution in [2.24, 2.45) is 17.6 Å². The van der Waals surface area contributed by atoms with Crippen LogP contribution in [0.3, 0.4) is 0 Å². The molecule has 5 N–H and O–H groups in total. The Kier molecular flexibility index (Phi) is 13.6. The maximum absolute atomic E-state index is 15.2. The Hall–Kier alpha value is -5.68. The summed E-state index contributed by atoms with van der Waals surface area (Å²) >= 11 is 0. The van der Waals surface area contributed by atoms with Crippen LogP contribution in [-0.4, -0.2) is 83.3 Å². The molecule has 4 rings (SSSR count). The highest BCUT2D eigenvalue weighted by molar-refractivity contribution is 5.96. The highest BCUT2D eigenvalue weighted by Crippen LogP contribution is 2.29. The fourth-order valence-corrected chi connectivity index (χ4v) is 6.23. The number of anilines is 2. The summed E-state index contributed by atoms with van der Waals surface area (Å²) in [6, 6.07) is 9.00. The molecule has 0 radical (unpaired) electrons. The number of amides is 4. The number of rotatable bonds is 15. The number of carbonyl (C=O) groups is 5. The van der Waals surface area contributed by atoms with Gasteiger partial charge < -0.3 is 40.6 Å². The zero-order chi connectivity index (χ0) is 39.7. The molecular formula is C36H42F4N6O8. The van der Waals surface area contributed by atoms with E-state index in [1.807, 2.05) is 0 Å². The second-order valence-electron chi connectivity index (χ2n) is 13.0. The van der Waals surface area contributed by atoms with Crippen molar-refractivity contribution in [3.05, 3.63) is 69.8 Å². The van der Waals surface area contributed by atoms with E-state index < -0.39 is 71.9 Å². The van der Waals surface area contributed by atoms with Gasteiger partial charge in [-0.05, 0) is 49.6 Å². The van der Waals surface area contributed by atoms with Crippen molar-refractivity contribution in [3.63, 3.8) is 0 Å². The maximum atomic E-state index is 15.2. The Balaban J connectivity index is 1.32. The molecule has 0 spiro atoms. The number of Topliss-reactive ketones (excluding diaryl/α,β-unsaturated/α-hetero) is 1. The van der Waals surface area contributed by atoms with Crippen molar-refractivity contribution < 1.29 is 51.4 Å². The summed E-state index contributed by atoms with van der Waals surface area (Å²) in [7, 11) is 0. The Bertz CT molecular complexity index is 1930. The van der Waals surface area contributed by atoms with Crippen LogP contribution in [0.2, 0.25) is 0 Å². The smallest absolute Gasteiger partial charge is 0.410 e. The van der Waals surface area contributed by atoms with Gasteiger partial charge in [0.2, 0.25) is 5.91 Å². The lowest BCUT2D eigenvalue weighted by molar-refractivity contribution is -0.152. The molecule has 0 bridgehead atoms. The van der Waals surface area contributed by atoms with E-state index in [4.69, 9.17) is 10.5 Å². The lowest BCUT2D eigenvalue weighted by Gasteiger charge is -2.35. The first kappa shape index (κ1) is 41.1. The number of primary amides is 1. The number of ether oxygens (including phenoxy) is 1. The zero-order valence-corrected chi connectivity index (χ0v) is 29.7. The van der Waals surface area contributed by atoms with Crippen molar-refractivity contribution in [2.45, 2.75) is 58.9 Å². The second kappa shape index (κ2) is 17.9. The van der Waals surface area contributed by atoms with Crippen LogP contribution < -0.4 is 26.7 Å². The third kappa shape index (κ3) is 10.9. The fraction of sp³-hybridized carbons (Fsp3) is 0.444. The van der Waals surface area contributed by atoms with E-state index in [0.717, 1.165) is 19.1 Å². The number of hydrogen-bond acceptors (Lipinski definition) is 8. The number of nitrogens with zero attached hydrogens (tertiary/aromatic N) is 3. The van der Waals surface area contributed by atoms with E-state index in [1.165, 1.54) is 27.7 Å². The van der Waals surface area contributed by atoms with Crippen molar-refractivity contribution in [3.8, 4) is 0 Å². The number of urea groups is 1. The molecule has 3 aromatic rings. The molecule has 14 nitrogen and oxygen atoms in total. The molecule has 18 heteroatoms. The van der Waals surface area contributed by atoms with E-state index in [-0.39, 0.29) is 81.0 Å². The Labute approximate surface area is 307 Å². The number of carboxylic acids is 1. The van der Waals surface area contributed by atoms with Crippen LogP contribution in [0, 0.1) is 17.7 Å². The summed E-state index contributed by atoms with van der Waals surface area (Å²) in [5.74, 6) is -5.54. The van der Waals surface area contributed by atoms with Gasteiger partial charge in [-0.25, -0.2) is 18.8 Å². The number of aryl methyl sites for hydroxylation is 1. The fourth-order valence-electron chi connectivity index (χ4n) is 6.23. The highest BCUT2D eigenvalue weighted by atomic mass is 19.4. The summed E-state index contributed by atoms with van der Waals surface area (Å²) < 4.78 is 60.6. The van der Waals surface area contributed by atoms with Crippen LogP contribution in [0.5, 0.6) is 0 Å². The monoisotopic (exact) mass is 762 g/mol. The largest absolute Gasteiger partial charge is 0.477 e. The molecule has 2 aromatic carbocycles. The van der Waals surface area contributed by atoms with Gasteiger partial charge in [-0.15, -0.1) is 0 Å². The number of pyridine rings is 1. The Morgan fingerprint density at radius 2 is 1.69 bits per heavy atom. The predicted molar refractivity (Wildman–Crippen MR) is 190 cm³/mol. The molecule has 0 unspecified atom stereocenters. The first-order valence-corrected chi connectivity index (χ1v) is 17.3. The van der Waals surface area contributed by atoms with E-state index in [2.05, 4.69) is 10.6 Å². The summed E-state index contributed by atoms with van der Waals surface area (Å²) in [4.78, 5) is 76.9. The Morgan fingerprint density at radius 1 is 1.02 bits per heavy atom. The third-order valence-electron chi connectivity index (χ3n) is 9.11. The van der Waals surface area contributed by atoms with Gasteiger partial charge in [0.1, 0.15) is 23.9 Å². The average Bonchev–Trinajstić information content (AvgIpc) is 3.11. The van der Waals surface area contributed by atoms with Crippen LogP contribution in [0.25, 0.3) is 10.9 Å². The van der Waals surface area contributed by atoms with Crippen LogP contribution in [0.1, 0.15) is 55.6 Å². The van der Waals surface area contributed by atoms with Gasteiger partial charge in [0.15, 0.2) is 5.43 Å². The van der Waals surface area contributed by atoms with Gasteiger partial charge in [-0.2, -0.15) is 13.2 Å². The SMILES string of the molecule is CCn1c(C(=O)O)cc(=O)c2cc(F)c(N3CCN(C(=O)OCc4ccc(NC(=O)[C@H](CCCNC(N)=O)CC(=O)[C@H](C)CC(F)(F)F)cc4)CC3)cc21. The lowest BCUT2D eigenvalue weighted by Crippen LogP contribution is -2.49. The number of aromatic nitrogens is 1. The van der Waals surface area contributed by atoms with Crippen molar-refractivity contribution in [1.82, 2.24) is 14.8 Å². The first-order chi connectivity index (χ1) is 25.5. The minimum Gasteiger partial charge on any atom is -0.477 e. The molecule has 0 saturated carbocycles. The normalized spacial score (nSPS) is 14.3. The standard InChI is InChI=1S/C36H42F4N6O8/c1-3-46-27-17-28(26(37)16-25(27)31(48)18-29(46)33(50)51)44-11-13-45(14-12-44)35(53)54-20-22-6-8-24(9-7-22)43-32(49)23(5-4-10-42-34(41)52)15-30(47)21(2)19-36(38,39)40/h6-9,16-18,21,23H,3-5,10-15,19-20H2,1-2H3,(H,43,49)(H,50,51)(H3,41,42,52)/t21-,23-/m1/s1. The van der Waals surface area contributed by atoms with Gasteiger partial charge in [-0.3, -0.25) is 14.4 Å². The van der Waals surface area contributed by atoms with Gasteiger partial charge in [0, 0.05) is 74.7 Å². The molecule has 2 heterocycles. The molecule has 2 atom stereocenters. The number of piperazine rings is 1. The average molecular weight is 763 g/mol. The van der Waals surface area contributed by atoms with Gasteiger partial charge in [0.05, 0.1) is 17.6 Å². The van der Waals surface area contributed by atoms with Crippen LogP contribution in [-0.2, 0) is 27.5 Å². The lowest BCUT2D eigenvalue weighted by atomic mass is 9.89. The molecule has 4 amide bonds. The number of nitrogens with two attached hydrogens (primary N) is 1. The molecular weight excluding hydrogens is 720 g/mol. The number of carbonyl (C=O) groups excluding carboxylic acids is 4. The quantitative estimate of drug-likeness (QED) is 0.124. The molecule has 1 aliphatic heterocycles. The number of ketones is 1. The summed E-state index contributed by atoms with van der Waals surface area (Å²) in [6.45, 7) is 3.94. The number of fused-ring (bicyclic) bond motifs is 1. The number of halogens is 4. The van der Waals surface area contributed by atoms with Crippen LogP contribution in [0.4, 0.5) is 38.5 Å². The molecule has 54 heavy (non-hydrogen) atoms. The van der Waals surface area contributed by atoms with Gasteiger partial charge >= 0.3 is 24.3 Å². The number of aromatic carboxylic acids is 1. The van der Waals surface area contributed by atoms with E-state index >= 15 is 4.39 Å². The summed E-state index contributed by atoms with van der Waals surface area (Å²) in [5.41, 5.74) is 5.59. The van der Waals surface area contributed by atoms with Gasteiger partial charge in [0.25, 0.3) is 0 Å². The van der Waals surface area contributed by atoms with Gasteiger partial charge in [-0.1, -0.05) is 19.1 Å². The van der Waals surface area contributed by atoms with Crippen LogP contribution in [0.15, 0.2) is 47.3 Å². The molecule has 1 aliphatic rings. The van der Waals surface area contributed by atoms with Crippen molar-refractivity contribution >= 4 is 52.1 Å². The predicted octanol–water partition coefficient (Wildman–Crippen LogP) is 4.87. The van der Waals surface area contributed by atoms with Crippen LogP contribution >= 0.6 is 0 Å². The number of alkyl halides is 3. The zero-order valence-electron chi connectivity index (χ0n) is 29.7. The molecule has 0 aliphatic carbocycles.